The van der Waals surface area contributed by atoms with E-state index in [9.17, 15) is 4.79 Å². The third kappa shape index (κ3) is 4.57. The summed E-state index contributed by atoms with van der Waals surface area (Å²) in [7, 11) is 0. The van der Waals surface area contributed by atoms with Crippen molar-refractivity contribution in [3.05, 3.63) is 66.4 Å². The molecule has 6 heteroatoms. The van der Waals surface area contributed by atoms with Crippen LogP contribution in [0.4, 0.5) is 5.69 Å². The van der Waals surface area contributed by atoms with E-state index in [1.54, 1.807) is 12.1 Å². The summed E-state index contributed by atoms with van der Waals surface area (Å²) in [5.74, 6) is 0.645. The van der Waals surface area contributed by atoms with Crippen molar-refractivity contribution < 1.29 is 9.53 Å². The molecule has 1 atom stereocenters. The molecule has 0 bridgehead atoms. The summed E-state index contributed by atoms with van der Waals surface area (Å²) >= 11 is 0. The molecule has 0 radical (unpaired) electrons. The highest BCUT2D eigenvalue weighted by atomic mass is 16.5. The highest BCUT2D eigenvalue weighted by molar-refractivity contribution is 6.09. The van der Waals surface area contributed by atoms with Crippen molar-refractivity contribution >= 4 is 33.4 Å². The van der Waals surface area contributed by atoms with Crippen LogP contribution in [0.25, 0.3) is 21.8 Å². The topological polar surface area (TPSA) is 79.9 Å². The number of aryl methyl sites for hydroxylation is 1. The number of ether oxygens (including phenoxy) is 1. The van der Waals surface area contributed by atoms with Gasteiger partial charge in [-0.15, -0.1) is 0 Å². The fraction of sp³-hybridized carbons (Fsp3) is 0.269. The lowest BCUT2D eigenvalue weighted by Gasteiger charge is -2.12. The Morgan fingerprint density at radius 1 is 1.16 bits per heavy atom. The van der Waals surface area contributed by atoms with Gasteiger partial charge in [0.2, 0.25) is 11.8 Å². The van der Waals surface area contributed by atoms with Crippen LogP contribution in [0.2, 0.25) is 0 Å². The predicted molar refractivity (Wildman–Crippen MR) is 127 cm³/mol. The molecule has 1 N–H and O–H groups in total. The molecule has 4 rings (SSSR count). The summed E-state index contributed by atoms with van der Waals surface area (Å²) < 4.78 is 7.92. The van der Waals surface area contributed by atoms with Gasteiger partial charge in [-0.25, -0.2) is 4.98 Å². The van der Waals surface area contributed by atoms with Crippen LogP contribution >= 0.6 is 0 Å². The maximum atomic E-state index is 12.6. The van der Waals surface area contributed by atoms with E-state index < -0.39 is 0 Å². The van der Waals surface area contributed by atoms with Gasteiger partial charge in [0.25, 0.3) is 0 Å². The van der Waals surface area contributed by atoms with Crippen LogP contribution in [0.15, 0.2) is 60.8 Å². The number of fused-ring (bicyclic) bond motifs is 3. The largest absolute Gasteiger partial charge is 0.478 e. The molecule has 0 saturated carbocycles. The minimum Gasteiger partial charge on any atom is -0.478 e. The normalized spacial score (nSPS) is 11.9. The molecule has 162 valence electrons. The number of nitriles is 1. The zero-order chi connectivity index (χ0) is 22.5. The number of aromatic nitrogens is 2. The van der Waals surface area contributed by atoms with Gasteiger partial charge < -0.3 is 14.6 Å². The summed E-state index contributed by atoms with van der Waals surface area (Å²) in [5.41, 5.74) is 3.69. The number of nitrogens with zero attached hydrogens (tertiary/aromatic N) is 3. The van der Waals surface area contributed by atoms with Crippen LogP contribution in [-0.4, -0.2) is 22.1 Å². The van der Waals surface area contributed by atoms with E-state index in [4.69, 9.17) is 10.00 Å². The number of para-hydroxylation sites is 1. The average molecular weight is 427 g/mol. The zero-order valence-corrected chi connectivity index (χ0v) is 18.3. The van der Waals surface area contributed by atoms with Gasteiger partial charge in [-0.1, -0.05) is 25.1 Å². The van der Waals surface area contributed by atoms with Crippen molar-refractivity contribution in [3.8, 4) is 11.9 Å². The number of hydrogen-bond donors (Lipinski definition) is 1. The molecule has 2 heterocycles. The van der Waals surface area contributed by atoms with Crippen LogP contribution in [-0.2, 0) is 11.3 Å². The van der Waals surface area contributed by atoms with E-state index in [-0.39, 0.29) is 11.8 Å². The van der Waals surface area contributed by atoms with Gasteiger partial charge in [0, 0.05) is 52.7 Å². The maximum absolute atomic E-state index is 12.6. The Morgan fingerprint density at radius 3 is 2.72 bits per heavy atom. The van der Waals surface area contributed by atoms with Crippen molar-refractivity contribution in [1.29, 1.82) is 5.26 Å². The number of rotatable bonds is 8. The first-order valence-electron chi connectivity index (χ1n) is 10.9. The lowest BCUT2D eigenvalue weighted by atomic mass is 10.0. The van der Waals surface area contributed by atoms with Gasteiger partial charge in [-0.05, 0) is 49.6 Å². The van der Waals surface area contributed by atoms with Gasteiger partial charge in [0.05, 0.1) is 12.2 Å². The second kappa shape index (κ2) is 9.52. The van der Waals surface area contributed by atoms with Crippen molar-refractivity contribution in [2.24, 2.45) is 5.92 Å². The Labute approximate surface area is 187 Å². The van der Waals surface area contributed by atoms with Gasteiger partial charge in [-0.3, -0.25) is 4.79 Å². The Balaban J connectivity index is 1.35. The van der Waals surface area contributed by atoms with E-state index in [2.05, 4.69) is 52.1 Å². The summed E-state index contributed by atoms with van der Waals surface area (Å²) in [5, 5.41) is 14.2. The van der Waals surface area contributed by atoms with E-state index in [1.165, 1.54) is 22.6 Å². The van der Waals surface area contributed by atoms with E-state index in [1.807, 2.05) is 25.1 Å². The summed E-state index contributed by atoms with van der Waals surface area (Å²) in [6, 6.07) is 19.9. The number of pyridine rings is 1. The standard InChI is InChI=1S/C26H26N4O2/c1-3-30-23-7-5-4-6-21(23)22-15-20(9-10-24(22)30)29-25(31)14-18(2)12-13-32-26-11-8-19(16-27)17-28-26/h4-11,15,17-18H,3,12-14H2,1-2H3,(H,29,31). The van der Waals surface area contributed by atoms with Crippen LogP contribution in [0.5, 0.6) is 5.88 Å². The molecule has 0 aliphatic heterocycles. The molecule has 0 saturated heterocycles. The Morgan fingerprint density at radius 2 is 1.97 bits per heavy atom. The molecule has 4 aromatic rings. The Hall–Kier alpha value is -3.85. The van der Waals surface area contributed by atoms with Gasteiger partial charge >= 0.3 is 0 Å². The van der Waals surface area contributed by atoms with E-state index in [0.29, 0.717) is 24.5 Å². The minimum atomic E-state index is -0.00687. The summed E-state index contributed by atoms with van der Waals surface area (Å²) in [4.78, 5) is 16.7. The number of nitrogens with one attached hydrogen (secondary N) is 1. The van der Waals surface area contributed by atoms with Crippen LogP contribution in [0.3, 0.4) is 0 Å². The van der Waals surface area contributed by atoms with Crippen molar-refractivity contribution in [2.45, 2.75) is 33.2 Å². The van der Waals surface area contributed by atoms with Crippen LogP contribution < -0.4 is 10.1 Å². The number of anilines is 1. The first-order chi connectivity index (χ1) is 15.6. The molecular weight excluding hydrogens is 400 g/mol. The van der Waals surface area contributed by atoms with Crippen LogP contribution in [0.1, 0.15) is 32.3 Å². The van der Waals surface area contributed by atoms with Crippen molar-refractivity contribution in [1.82, 2.24) is 9.55 Å². The molecule has 1 unspecified atom stereocenters. The highest BCUT2D eigenvalue weighted by Gasteiger charge is 2.13. The second-order valence-corrected chi connectivity index (χ2v) is 7.98. The quantitative estimate of drug-likeness (QED) is 0.403. The fourth-order valence-corrected chi connectivity index (χ4v) is 4.00. The maximum Gasteiger partial charge on any atom is 0.224 e. The van der Waals surface area contributed by atoms with Gasteiger partial charge in [0.1, 0.15) is 6.07 Å². The Bertz CT molecular complexity index is 1290. The molecule has 6 nitrogen and oxygen atoms in total. The smallest absolute Gasteiger partial charge is 0.224 e. The van der Waals surface area contributed by atoms with Gasteiger partial charge in [-0.2, -0.15) is 5.26 Å². The Kier molecular flexibility index (Phi) is 6.37. The molecule has 0 aliphatic carbocycles. The monoisotopic (exact) mass is 426 g/mol. The van der Waals surface area contributed by atoms with E-state index in [0.717, 1.165) is 24.0 Å². The third-order valence-electron chi connectivity index (χ3n) is 5.63. The molecule has 0 spiro atoms. The fourth-order valence-electron chi connectivity index (χ4n) is 4.00. The molecule has 32 heavy (non-hydrogen) atoms. The molecule has 0 aliphatic rings. The highest BCUT2D eigenvalue weighted by Crippen LogP contribution is 2.31. The van der Waals surface area contributed by atoms with Crippen molar-refractivity contribution in [2.75, 3.05) is 11.9 Å². The zero-order valence-electron chi connectivity index (χ0n) is 18.3. The predicted octanol–water partition coefficient (Wildman–Crippen LogP) is 5.51. The third-order valence-corrected chi connectivity index (χ3v) is 5.63. The molecular formula is C26H26N4O2. The van der Waals surface area contributed by atoms with E-state index >= 15 is 0 Å². The summed E-state index contributed by atoms with van der Waals surface area (Å²) in [6.07, 6.45) is 2.64. The number of carbonyl (C=O) groups is 1. The second-order valence-electron chi connectivity index (χ2n) is 7.98. The number of benzene rings is 2. The minimum absolute atomic E-state index is 0.00687. The number of hydrogen-bond acceptors (Lipinski definition) is 4. The van der Waals surface area contributed by atoms with Crippen LogP contribution in [0, 0.1) is 17.2 Å². The SMILES string of the molecule is CCn1c2ccccc2c2cc(NC(=O)CC(C)CCOc3ccc(C#N)cn3)ccc21. The first kappa shape index (κ1) is 21.4. The van der Waals surface area contributed by atoms with Gasteiger partial charge in [0.15, 0.2) is 0 Å². The molecule has 0 fully saturated rings. The lowest BCUT2D eigenvalue weighted by Crippen LogP contribution is -2.16. The van der Waals surface area contributed by atoms with Crippen molar-refractivity contribution in [3.63, 3.8) is 0 Å². The number of amides is 1. The molecule has 2 aromatic heterocycles. The summed E-state index contributed by atoms with van der Waals surface area (Å²) in [6.45, 7) is 5.54. The average Bonchev–Trinajstić information content (AvgIpc) is 3.12. The number of carbonyl (C=O) groups excluding carboxylic acids is 1. The molecule has 2 aromatic carbocycles. The molecule has 1 amide bonds. The lowest BCUT2D eigenvalue weighted by molar-refractivity contribution is -0.117. The first-order valence-corrected chi connectivity index (χ1v) is 10.9.